The van der Waals surface area contributed by atoms with E-state index in [1.54, 1.807) is 0 Å². The third-order valence-corrected chi connectivity index (χ3v) is 2.10. The molecular weight excluding hydrogens is 211 g/mol. The van der Waals surface area contributed by atoms with Crippen LogP contribution < -0.4 is 0 Å². The van der Waals surface area contributed by atoms with Crippen LogP contribution in [0.5, 0.6) is 0 Å². The summed E-state index contributed by atoms with van der Waals surface area (Å²) in [6, 6.07) is 4.01. The van der Waals surface area contributed by atoms with Crippen LogP contribution in [0.2, 0.25) is 5.22 Å². The van der Waals surface area contributed by atoms with Crippen LogP contribution in [-0.4, -0.2) is 11.1 Å². The lowest BCUT2D eigenvalue weighted by Gasteiger charge is -1.90. The molecule has 0 aliphatic carbocycles. The first kappa shape index (κ1) is 9.02. The number of hydrogen-bond acceptors (Lipinski definition) is 2. The second-order valence-electron chi connectivity index (χ2n) is 2.67. The number of carbonyl (C=O) groups is 1. The van der Waals surface area contributed by atoms with Crippen LogP contribution in [0.15, 0.2) is 22.6 Å². The van der Waals surface area contributed by atoms with Crippen molar-refractivity contribution in [2.75, 3.05) is 0 Å². The van der Waals surface area contributed by atoms with Gasteiger partial charge in [-0.3, -0.25) is 0 Å². The summed E-state index contributed by atoms with van der Waals surface area (Å²) in [6.07, 6.45) is 0. The van der Waals surface area contributed by atoms with Crippen molar-refractivity contribution in [1.29, 1.82) is 0 Å². The zero-order valence-electron chi connectivity index (χ0n) is 6.75. The van der Waals surface area contributed by atoms with Crippen molar-refractivity contribution in [3.05, 3.63) is 34.8 Å². The Morgan fingerprint density at radius 1 is 1.50 bits per heavy atom. The fraction of sp³-hybridized carbons (Fsp3) is 0. The van der Waals surface area contributed by atoms with Gasteiger partial charge in [0.15, 0.2) is 11.4 Å². The quantitative estimate of drug-likeness (QED) is 0.794. The molecule has 5 heteroatoms. The van der Waals surface area contributed by atoms with Crippen molar-refractivity contribution in [3.8, 4) is 0 Å². The molecule has 0 bridgehead atoms. The van der Waals surface area contributed by atoms with E-state index in [1.807, 2.05) is 0 Å². The minimum Gasteiger partial charge on any atom is -0.477 e. The van der Waals surface area contributed by atoms with Gasteiger partial charge >= 0.3 is 5.97 Å². The number of benzene rings is 1. The zero-order valence-corrected chi connectivity index (χ0v) is 7.51. The smallest absolute Gasteiger partial charge is 0.341 e. The standard InChI is InChI=1S/C9H4ClFO3/c10-8-6(9(12)13)4-2-1-3-5(11)7(4)14-8/h1-3H,(H,12,13). The predicted octanol–water partition coefficient (Wildman–Crippen LogP) is 2.92. The Kier molecular flexibility index (Phi) is 1.93. The zero-order chi connectivity index (χ0) is 10.3. The first-order chi connectivity index (χ1) is 6.61. The van der Waals surface area contributed by atoms with Gasteiger partial charge in [-0.05, 0) is 23.7 Å². The molecule has 0 spiro atoms. The molecule has 0 fully saturated rings. The van der Waals surface area contributed by atoms with E-state index in [-0.39, 0.29) is 21.8 Å². The Hall–Kier alpha value is -1.55. The predicted molar refractivity (Wildman–Crippen MR) is 48.1 cm³/mol. The van der Waals surface area contributed by atoms with Crippen LogP contribution in [0.4, 0.5) is 4.39 Å². The summed E-state index contributed by atoms with van der Waals surface area (Å²) >= 11 is 5.52. The van der Waals surface area contributed by atoms with Gasteiger partial charge < -0.3 is 9.52 Å². The number of halogens is 2. The number of furan rings is 1. The summed E-state index contributed by atoms with van der Waals surface area (Å²) in [7, 11) is 0. The van der Waals surface area contributed by atoms with E-state index in [9.17, 15) is 9.18 Å². The molecule has 0 atom stereocenters. The average molecular weight is 215 g/mol. The second kappa shape index (κ2) is 2.99. The first-order valence-electron chi connectivity index (χ1n) is 3.71. The maximum atomic E-state index is 13.1. The van der Waals surface area contributed by atoms with Crippen molar-refractivity contribution < 1.29 is 18.7 Å². The molecule has 0 radical (unpaired) electrons. The van der Waals surface area contributed by atoms with Crippen LogP contribution in [0, 0.1) is 5.82 Å². The summed E-state index contributed by atoms with van der Waals surface area (Å²) in [5.41, 5.74) is -0.337. The highest BCUT2D eigenvalue weighted by Gasteiger charge is 2.20. The van der Waals surface area contributed by atoms with Gasteiger partial charge in [-0.1, -0.05) is 6.07 Å². The van der Waals surface area contributed by atoms with Gasteiger partial charge in [0.25, 0.3) is 0 Å². The number of fused-ring (bicyclic) bond motifs is 1. The number of hydrogen-bond donors (Lipinski definition) is 1. The highest BCUT2D eigenvalue weighted by atomic mass is 35.5. The molecule has 3 nitrogen and oxygen atoms in total. The fourth-order valence-electron chi connectivity index (χ4n) is 1.26. The summed E-state index contributed by atoms with van der Waals surface area (Å²) in [4.78, 5) is 10.7. The van der Waals surface area contributed by atoms with Crippen molar-refractivity contribution in [2.24, 2.45) is 0 Å². The van der Waals surface area contributed by atoms with E-state index in [4.69, 9.17) is 21.1 Å². The van der Waals surface area contributed by atoms with E-state index >= 15 is 0 Å². The number of aromatic carboxylic acids is 1. The number of rotatable bonds is 1. The van der Waals surface area contributed by atoms with Gasteiger partial charge in [0.1, 0.15) is 5.56 Å². The summed E-state index contributed by atoms with van der Waals surface area (Å²) in [5.74, 6) is -1.86. The molecule has 0 saturated heterocycles. The Morgan fingerprint density at radius 3 is 2.86 bits per heavy atom. The lowest BCUT2D eigenvalue weighted by atomic mass is 10.2. The molecule has 1 heterocycles. The molecule has 0 unspecified atom stereocenters. The summed E-state index contributed by atoms with van der Waals surface area (Å²) in [5, 5.41) is 8.64. The van der Waals surface area contributed by atoms with Crippen molar-refractivity contribution in [3.63, 3.8) is 0 Å². The molecule has 2 aromatic rings. The fourth-order valence-corrected chi connectivity index (χ4v) is 1.52. The molecule has 0 aliphatic heterocycles. The molecule has 1 aromatic carbocycles. The molecular formula is C9H4ClFO3. The Balaban J connectivity index is 2.90. The Morgan fingerprint density at radius 2 is 2.21 bits per heavy atom. The SMILES string of the molecule is O=C(O)c1c(Cl)oc2c(F)cccc12. The molecule has 14 heavy (non-hydrogen) atoms. The van der Waals surface area contributed by atoms with E-state index in [2.05, 4.69) is 0 Å². The lowest BCUT2D eigenvalue weighted by molar-refractivity contribution is 0.0698. The molecule has 1 aromatic heterocycles. The van der Waals surface area contributed by atoms with Crippen LogP contribution in [0.1, 0.15) is 10.4 Å². The monoisotopic (exact) mass is 214 g/mol. The minimum atomic E-state index is -1.24. The average Bonchev–Trinajstić information content (AvgIpc) is 2.42. The lowest BCUT2D eigenvalue weighted by Crippen LogP contribution is -1.94. The van der Waals surface area contributed by atoms with Crippen LogP contribution in [0.3, 0.4) is 0 Å². The highest BCUT2D eigenvalue weighted by molar-refractivity contribution is 6.33. The van der Waals surface area contributed by atoms with E-state index < -0.39 is 11.8 Å². The van der Waals surface area contributed by atoms with Crippen molar-refractivity contribution in [2.45, 2.75) is 0 Å². The normalized spacial score (nSPS) is 10.7. The van der Waals surface area contributed by atoms with E-state index in [0.717, 1.165) is 0 Å². The van der Waals surface area contributed by atoms with Gasteiger partial charge in [0, 0.05) is 5.39 Å². The number of carboxylic acids is 1. The molecule has 0 amide bonds. The molecule has 1 N–H and O–H groups in total. The van der Waals surface area contributed by atoms with Gasteiger partial charge in [0.05, 0.1) is 0 Å². The Labute approximate surface area is 82.7 Å². The van der Waals surface area contributed by atoms with E-state index in [0.29, 0.717) is 0 Å². The summed E-state index contributed by atoms with van der Waals surface area (Å²) < 4.78 is 17.9. The van der Waals surface area contributed by atoms with Gasteiger partial charge in [-0.15, -0.1) is 0 Å². The minimum absolute atomic E-state index is 0.130. The summed E-state index contributed by atoms with van der Waals surface area (Å²) in [6.45, 7) is 0. The number of para-hydroxylation sites is 1. The Bertz CT molecular complexity index is 518. The van der Waals surface area contributed by atoms with Gasteiger partial charge in [0.2, 0.25) is 5.22 Å². The third-order valence-electron chi connectivity index (χ3n) is 1.84. The maximum Gasteiger partial charge on any atom is 0.341 e. The van der Waals surface area contributed by atoms with Gasteiger partial charge in [-0.2, -0.15) is 0 Å². The highest BCUT2D eigenvalue weighted by Crippen LogP contribution is 2.30. The van der Waals surface area contributed by atoms with Crippen molar-refractivity contribution in [1.82, 2.24) is 0 Å². The maximum absolute atomic E-state index is 13.1. The molecule has 72 valence electrons. The van der Waals surface area contributed by atoms with Crippen LogP contribution in [-0.2, 0) is 0 Å². The van der Waals surface area contributed by atoms with Crippen LogP contribution >= 0.6 is 11.6 Å². The molecule has 2 rings (SSSR count). The van der Waals surface area contributed by atoms with Crippen molar-refractivity contribution >= 4 is 28.5 Å². The van der Waals surface area contributed by atoms with E-state index in [1.165, 1.54) is 18.2 Å². The van der Waals surface area contributed by atoms with Crippen LogP contribution in [0.25, 0.3) is 11.0 Å². The van der Waals surface area contributed by atoms with Gasteiger partial charge in [-0.25, -0.2) is 9.18 Å². The largest absolute Gasteiger partial charge is 0.477 e. The molecule has 0 aliphatic rings. The second-order valence-corrected chi connectivity index (χ2v) is 3.02. The number of carboxylic acid groups (broad SMARTS) is 1. The third kappa shape index (κ3) is 1.15. The topological polar surface area (TPSA) is 50.4 Å². The first-order valence-corrected chi connectivity index (χ1v) is 4.09. The molecule has 0 saturated carbocycles.